The Morgan fingerprint density at radius 1 is 1.32 bits per heavy atom. The Morgan fingerprint density at radius 2 is 2.16 bits per heavy atom. The number of nitrogens with zero attached hydrogens (tertiary/aromatic N) is 3. The maximum Gasteiger partial charge on any atom is 0.185 e. The van der Waals surface area contributed by atoms with E-state index in [4.69, 9.17) is 0 Å². The molecular formula is C19H24FN3OS. The van der Waals surface area contributed by atoms with Crippen molar-refractivity contribution in [3.8, 4) is 0 Å². The second-order valence-electron chi connectivity index (χ2n) is 7.46. The first-order valence-electron chi connectivity index (χ1n) is 8.91. The highest BCUT2D eigenvalue weighted by atomic mass is 32.1. The van der Waals surface area contributed by atoms with E-state index in [9.17, 15) is 9.50 Å². The zero-order valence-corrected chi connectivity index (χ0v) is 15.1. The van der Waals surface area contributed by atoms with E-state index in [0.717, 1.165) is 49.6 Å². The van der Waals surface area contributed by atoms with Crippen molar-refractivity contribution in [1.29, 1.82) is 0 Å². The average Bonchev–Trinajstić information content (AvgIpc) is 3.09. The topological polar surface area (TPSA) is 39.6 Å². The van der Waals surface area contributed by atoms with Crippen LogP contribution in [0.25, 0.3) is 0 Å². The molecule has 2 aliphatic heterocycles. The van der Waals surface area contributed by atoms with Gasteiger partial charge in [-0.2, -0.15) is 0 Å². The molecule has 0 bridgehead atoms. The van der Waals surface area contributed by atoms with Crippen LogP contribution in [0.5, 0.6) is 0 Å². The summed E-state index contributed by atoms with van der Waals surface area (Å²) < 4.78 is 13.4. The first-order valence-corrected chi connectivity index (χ1v) is 9.79. The van der Waals surface area contributed by atoms with Crippen LogP contribution in [0.2, 0.25) is 0 Å². The van der Waals surface area contributed by atoms with Gasteiger partial charge in [0, 0.05) is 44.3 Å². The molecule has 3 heterocycles. The van der Waals surface area contributed by atoms with E-state index in [1.807, 2.05) is 17.6 Å². The summed E-state index contributed by atoms with van der Waals surface area (Å²) in [4.78, 5) is 9.07. The number of aliphatic hydroxyl groups is 1. The van der Waals surface area contributed by atoms with Crippen molar-refractivity contribution >= 4 is 16.5 Å². The van der Waals surface area contributed by atoms with E-state index >= 15 is 0 Å². The van der Waals surface area contributed by atoms with Crippen molar-refractivity contribution in [1.82, 2.24) is 9.88 Å². The third-order valence-electron chi connectivity index (χ3n) is 5.51. The number of likely N-dealkylation sites (tertiary alicyclic amines) is 1. The predicted octanol–water partition coefficient (Wildman–Crippen LogP) is 3.14. The first kappa shape index (κ1) is 16.9. The van der Waals surface area contributed by atoms with Crippen LogP contribution >= 0.6 is 11.3 Å². The van der Waals surface area contributed by atoms with Gasteiger partial charge in [0.1, 0.15) is 5.82 Å². The molecule has 1 atom stereocenters. The molecule has 0 amide bonds. The lowest BCUT2D eigenvalue weighted by molar-refractivity contribution is -0.0251. The zero-order chi connectivity index (χ0) is 17.3. The second kappa shape index (κ2) is 7.02. The van der Waals surface area contributed by atoms with Gasteiger partial charge in [0.2, 0.25) is 0 Å². The molecule has 0 saturated carbocycles. The zero-order valence-electron chi connectivity index (χ0n) is 14.3. The van der Waals surface area contributed by atoms with Gasteiger partial charge in [-0.25, -0.2) is 9.37 Å². The molecule has 2 saturated heterocycles. The molecule has 4 rings (SSSR count). The third-order valence-corrected chi connectivity index (χ3v) is 6.34. The van der Waals surface area contributed by atoms with Gasteiger partial charge in [-0.15, -0.1) is 11.3 Å². The van der Waals surface area contributed by atoms with Crippen molar-refractivity contribution in [3.63, 3.8) is 0 Å². The smallest absolute Gasteiger partial charge is 0.185 e. The standard InChI is InChI=1S/C19H24FN3OS/c20-16-3-1-2-15(10-16)12-22-13-17(24)11-19(14-22)4-7-23(8-5-19)18-21-6-9-25-18/h1-3,6,9-10,17,24H,4-5,7-8,11-14H2. The third kappa shape index (κ3) is 3.86. The fourth-order valence-corrected chi connectivity index (χ4v) is 5.08. The number of benzene rings is 1. The van der Waals surface area contributed by atoms with Crippen LogP contribution < -0.4 is 4.90 Å². The van der Waals surface area contributed by atoms with Crippen LogP contribution in [0.1, 0.15) is 24.8 Å². The molecule has 0 radical (unpaired) electrons. The van der Waals surface area contributed by atoms with Gasteiger partial charge < -0.3 is 10.0 Å². The van der Waals surface area contributed by atoms with Crippen molar-refractivity contribution in [2.24, 2.45) is 5.41 Å². The van der Waals surface area contributed by atoms with E-state index in [1.54, 1.807) is 23.5 Å². The Morgan fingerprint density at radius 3 is 2.88 bits per heavy atom. The molecule has 6 heteroatoms. The lowest BCUT2D eigenvalue weighted by Crippen LogP contribution is -2.53. The van der Waals surface area contributed by atoms with Gasteiger partial charge in [-0.3, -0.25) is 4.90 Å². The summed E-state index contributed by atoms with van der Waals surface area (Å²) in [5, 5.41) is 13.6. The van der Waals surface area contributed by atoms with Crippen LogP contribution in [0.4, 0.5) is 9.52 Å². The van der Waals surface area contributed by atoms with Gasteiger partial charge in [-0.05, 0) is 42.4 Å². The number of aliphatic hydroxyl groups excluding tert-OH is 1. The molecule has 1 N–H and O–H groups in total. The number of thiazole rings is 1. The van der Waals surface area contributed by atoms with Crippen molar-refractivity contribution in [2.45, 2.75) is 31.9 Å². The van der Waals surface area contributed by atoms with Crippen molar-refractivity contribution < 1.29 is 9.50 Å². The Labute approximate surface area is 151 Å². The number of hydrogen-bond donors (Lipinski definition) is 1. The van der Waals surface area contributed by atoms with Crippen LogP contribution in [0, 0.1) is 11.2 Å². The lowest BCUT2D eigenvalue weighted by atomic mass is 9.71. The Hall–Kier alpha value is -1.50. The number of piperidine rings is 2. The van der Waals surface area contributed by atoms with E-state index in [-0.39, 0.29) is 17.3 Å². The lowest BCUT2D eigenvalue weighted by Gasteiger charge is -2.49. The van der Waals surface area contributed by atoms with Gasteiger partial charge in [0.05, 0.1) is 6.10 Å². The molecule has 1 spiro atoms. The number of β-amino-alcohol motifs (C(OH)–C–C–N with tert-alkyl or cyclic N) is 1. The minimum absolute atomic E-state index is 0.165. The molecule has 4 nitrogen and oxygen atoms in total. The summed E-state index contributed by atoms with van der Waals surface area (Å²) >= 11 is 1.69. The quantitative estimate of drug-likeness (QED) is 0.912. The van der Waals surface area contributed by atoms with Gasteiger partial charge in [-0.1, -0.05) is 12.1 Å². The van der Waals surface area contributed by atoms with E-state index < -0.39 is 0 Å². The molecule has 134 valence electrons. The molecule has 0 aliphatic carbocycles. The van der Waals surface area contributed by atoms with Crippen LogP contribution in [-0.2, 0) is 6.54 Å². The maximum absolute atomic E-state index is 13.4. The number of anilines is 1. The van der Waals surface area contributed by atoms with Gasteiger partial charge in [0.15, 0.2) is 5.13 Å². The molecule has 2 aromatic rings. The SMILES string of the molecule is OC1CN(Cc2cccc(F)c2)CC2(CCN(c3nccs3)CC2)C1. The summed E-state index contributed by atoms with van der Waals surface area (Å²) in [5.41, 5.74) is 1.14. The largest absolute Gasteiger partial charge is 0.392 e. The first-order chi connectivity index (χ1) is 12.1. The van der Waals surface area contributed by atoms with E-state index in [1.165, 1.54) is 6.07 Å². The maximum atomic E-state index is 13.4. The summed E-state index contributed by atoms with van der Waals surface area (Å²) in [5.74, 6) is -0.193. The van der Waals surface area contributed by atoms with E-state index in [0.29, 0.717) is 13.1 Å². The summed E-state index contributed by atoms with van der Waals surface area (Å²) in [6, 6.07) is 6.79. The van der Waals surface area contributed by atoms with Crippen LogP contribution in [0.15, 0.2) is 35.8 Å². The minimum Gasteiger partial charge on any atom is -0.392 e. The van der Waals surface area contributed by atoms with E-state index in [2.05, 4.69) is 14.8 Å². The summed E-state index contributed by atoms with van der Waals surface area (Å²) in [6.45, 7) is 4.34. The Balaban J connectivity index is 1.42. The monoisotopic (exact) mass is 361 g/mol. The highest BCUT2D eigenvalue weighted by Crippen LogP contribution is 2.41. The highest BCUT2D eigenvalue weighted by Gasteiger charge is 2.41. The van der Waals surface area contributed by atoms with Crippen molar-refractivity contribution in [3.05, 3.63) is 47.2 Å². The molecule has 1 aromatic heterocycles. The number of rotatable bonds is 3. The summed E-state index contributed by atoms with van der Waals surface area (Å²) in [7, 11) is 0. The van der Waals surface area contributed by atoms with Crippen molar-refractivity contribution in [2.75, 3.05) is 31.1 Å². The van der Waals surface area contributed by atoms with Gasteiger partial charge >= 0.3 is 0 Å². The highest BCUT2D eigenvalue weighted by molar-refractivity contribution is 7.13. The number of aromatic nitrogens is 1. The Bertz CT molecular complexity index is 700. The molecule has 1 unspecified atom stereocenters. The molecular weight excluding hydrogens is 337 g/mol. The predicted molar refractivity (Wildman–Crippen MR) is 98.3 cm³/mol. The number of halogens is 1. The Kier molecular flexibility index (Phi) is 4.75. The van der Waals surface area contributed by atoms with Gasteiger partial charge in [0.25, 0.3) is 0 Å². The average molecular weight is 361 g/mol. The molecule has 1 aromatic carbocycles. The molecule has 25 heavy (non-hydrogen) atoms. The number of hydrogen-bond acceptors (Lipinski definition) is 5. The fraction of sp³-hybridized carbons (Fsp3) is 0.526. The normalized spacial score (nSPS) is 23.9. The fourth-order valence-electron chi connectivity index (χ4n) is 4.39. The molecule has 2 fully saturated rings. The second-order valence-corrected chi connectivity index (χ2v) is 8.33. The van der Waals surface area contributed by atoms with Crippen LogP contribution in [0.3, 0.4) is 0 Å². The van der Waals surface area contributed by atoms with Crippen LogP contribution in [-0.4, -0.2) is 47.3 Å². The summed E-state index contributed by atoms with van der Waals surface area (Å²) in [6.07, 6.45) is 4.58. The minimum atomic E-state index is -0.297. The molecule has 2 aliphatic rings.